The van der Waals surface area contributed by atoms with Crippen molar-refractivity contribution in [3.05, 3.63) is 54.1 Å². The summed E-state index contributed by atoms with van der Waals surface area (Å²) in [5, 5.41) is 21.7. The van der Waals surface area contributed by atoms with Gasteiger partial charge in [-0.05, 0) is 48.7 Å². The highest BCUT2D eigenvalue weighted by Gasteiger charge is 2.19. The summed E-state index contributed by atoms with van der Waals surface area (Å²) in [6.07, 6.45) is 0.946. The molecule has 7 heteroatoms. The molecule has 3 rings (SSSR count). The van der Waals surface area contributed by atoms with Crippen LogP contribution in [0.25, 0.3) is 0 Å². The molecule has 2 amide bonds. The number of carbonyl (C=O) groups is 2. The van der Waals surface area contributed by atoms with Crippen LogP contribution < -0.4 is 15.0 Å². The second-order valence-corrected chi connectivity index (χ2v) is 7.00. The fourth-order valence-corrected chi connectivity index (χ4v) is 3.23. The summed E-state index contributed by atoms with van der Waals surface area (Å²) in [5.41, 5.74) is 2.55. The molecule has 0 saturated carbocycles. The first kappa shape index (κ1) is 20.8. The molecule has 0 bridgehead atoms. The number of aliphatic hydroxyl groups excluding tert-OH is 2. The van der Waals surface area contributed by atoms with E-state index in [0.717, 1.165) is 11.3 Å². The average molecular weight is 398 g/mol. The number of anilines is 2. The number of aryl methyl sites for hydroxylation is 1. The Hall–Kier alpha value is -2.90. The minimum atomic E-state index is -0.994. The summed E-state index contributed by atoms with van der Waals surface area (Å²) in [4.78, 5) is 25.6. The van der Waals surface area contributed by atoms with Gasteiger partial charge in [-0.3, -0.25) is 9.59 Å². The Morgan fingerprint density at radius 3 is 2.72 bits per heavy atom. The molecule has 1 atom stereocenters. The van der Waals surface area contributed by atoms with E-state index in [9.17, 15) is 14.7 Å². The fourth-order valence-electron chi connectivity index (χ4n) is 3.23. The van der Waals surface area contributed by atoms with Gasteiger partial charge in [-0.1, -0.05) is 18.2 Å². The van der Waals surface area contributed by atoms with Crippen molar-refractivity contribution in [3.8, 4) is 5.75 Å². The van der Waals surface area contributed by atoms with Gasteiger partial charge in [-0.15, -0.1) is 0 Å². The first-order valence-electron chi connectivity index (χ1n) is 9.76. The Bertz CT molecular complexity index is 840. The highest BCUT2D eigenvalue weighted by Crippen LogP contribution is 2.27. The van der Waals surface area contributed by atoms with Crippen LogP contribution in [0.4, 0.5) is 11.4 Å². The van der Waals surface area contributed by atoms with Gasteiger partial charge in [0.1, 0.15) is 5.75 Å². The molecule has 0 spiro atoms. The Labute approximate surface area is 169 Å². The molecule has 29 heavy (non-hydrogen) atoms. The van der Waals surface area contributed by atoms with Gasteiger partial charge in [-0.25, -0.2) is 0 Å². The van der Waals surface area contributed by atoms with Crippen molar-refractivity contribution >= 4 is 23.2 Å². The predicted molar refractivity (Wildman–Crippen MR) is 110 cm³/mol. The van der Waals surface area contributed by atoms with Crippen molar-refractivity contribution in [2.75, 3.05) is 30.0 Å². The third kappa shape index (κ3) is 5.79. The molecule has 0 fully saturated rings. The number of amides is 2. The topological polar surface area (TPSA) is 99.1 Å². The first-order chi connectivity index (χ1) is 14.1. The molecule has 1 aliphatic rings. The van der Waals surface area contributed by atoms with E-state index < -0.39 is 12.7 Å². The third-order valence-corrected chi connectivity index (χ3v) is 4.75. The minimum absolute atomic E-state index is 0.0268. The minimum Gasteiger partial charge on any atom is -0.494 e. The molecule has 3 N–H and O–H groups in total. The van der Waals surface area contributed by atoms with Gasteiger partial charge in [0.2, 0.25) is 11.8 Å². The van der Waals surface area contributed by atoms with Crippen molar-refractivity contribution < 1.29 is 24.5 Å². The van der Waals surface area contributed by atoms with E-state index in [2.05, 4.69) is 5.32 Å². The zero-order valence-corrected chi connectivity index (χ0v) is 16.2. The van der Waals surface area contributed by atoms with E-state index in [1.807, 2.05) is 30.3 Å². The monoisotopic (exact) mass is 398 g/mol. The Kier molecular flexibility index (Phi) is 7.21. The van der Waals surface area contributed by atoms with Crippen molar-refractivity contribution in [3.63, 3.8) is 0 Å². The number of hydrogen-bond acceptors (Lipinski definition) is 5. The van der Waals surface area contributed by atoms with Crippen LogP contribution in [0.5, 0.6) is 5.75 Å². The molecule has 2 aromatic carbocycles. The number of ether oxygens (including phenoxy) is 1. The summed E-state index contributed by atoms with van der Waals surface area (Å²) >= 11 is 0. The lowest BCUT2D eigenvalue weighted by molar-refractivity contribution is -0.119. The molecule has 1 unspecified atom stereocenters. The molecule has 1 aliphatic heterocycles. The van der Waals surface area contributed by atoms with Crippen molar-refractivity contribution in [2.24, 2.45) is 0 Å². The number of hydrogen-bond donors (Lipinski definition) is 3. The third-order valence-electron chi connectivity index (χ3n) is 4.75. The Balaban J connectivity index is 1.52. The van der Waals surface area contributed by atoms with E-state index in [4.69, 9.17) is 9.84 Å². The maximum Gasteiger partial charge on any atom is 0.227 e. The van der Waals surface area contributed by atoms with Crippen molar-refractivity contribution in [1.29, 1.82) is 0 Å². The van der Waals surface area contributed by atoms with E-state index in [1.54, 1.807) is 18.2 Å². The van der Waals surface area contributed by atoms with Gasteiger partial charge in [0.05, 0.1) is 25.9 Å². The Morgan fingerprint density at radius 2 is 1.97 bits per heavy atom. The standard InChI is InChI=1S/C22H26N2O5/c25-15-18(26)14-24(17-5-2-1-3-6-17)22(28)7-4-12-29-19-9-10-20-16(13-19)8-11-21(27)23-20/h1-3,5-6,9-10,13,18,25-26H,4,7-8,11-12,14-15H2,(H,23,27). The number of nitrogens with zero attached hydrogens (tertiary/aromatic N) is 1. The Morgan fingerprint density at radius 1 is 1.17 bits per heavy atom. The molecular formula is C22H26N2O5. The van der Waals surface area contributed by atoms with Gasteiger partial charge < -0.3 is 25.2 Å². The second kappa shape index (κ2) is 10.0. The zero-order valence-electron chi connectivity index (χ0n) is 16.2. The maximum atomic E-state index is 12.7. The summed E-state index contributed by atoms with van der Waals surface area (Å²) in [6.45, 7) is 0.0112. The van der Waals surface area contributed by atoms with Crippen LogP contribution in [0.2, 0.25) is 0 Å². The van der Waals surface area contributed by atoms with Gasteiger partial charge in [-0.2, -0.15) is 0 Å². The van der Waals surface area contributed by atoms with Gasteiger partial charge in [0, 0.05) is 24.2 Å². The van der Waals surface area contributed by atoms with Crippen LogP contribution in [0.1, 0.15) is 24.8 Å². The highest BCUT2D eigenvalue weighted by molar-refractivity contribution is 5.94. The molecule has 0 aliphatic carbocycles. The lowest BCUT2D eigenvalue weighted by atomic mass is 10.0. The molecule has 154 valence electrons. The molecule has 0 saturated heterocycles. The number of rotatable bonds is 9. The summed E-state index contributed by atoms with van der Waals surface area (Å²) in [5.74, 6) is 0.599. The van der Waals surface area contributed by atoms with Crippen LogP contribution in [0.15, 0.2) is 48.5 Å². The first-order valence-corrected chi connectivity index (χ1v) is 9.76. The smallest absolute Gasteiger partial charge is 0.227 e. The largest absolute Gasteiger partial charge is 0.494 e. The van der Waals surface area contributed by atoms with E-state index in [0.29, 0.717) is 37.3 Å². The lowest BCUT2D eigenvalue weighted by Crippen LogP contribution is -2.39. The molecule has 0 radical (unpaired) electrons. The van der Waals surface area contributed by atoms with Crippen LogP contribution in [0, 0.1) is 0 Å². The number of carbonyl (C=O) groups excluding carboxylic acids is 2. The molecule has 7 nitrogen and oxygen atoms in total. The second-order valence-electron chi connectivity index (χ2n) is 7.00. The molecule has 1 heterocycles. The van der Waals surface area contributed by atoms with Crippen molar-refractivity contribution in [1.82, 2.24) is 0 Å². The predicted octanol–water partition coefficient (Wildman–Crippen LogP) is 2.12. The number of para-hydroxylation sites is 1. The number of nitrogens with one attached hydrogen (secondary N) is 1. The van der Waals surface area contributed by atoms with E-state index in [-0.39, 0.29) is 24.8 Å². The zero-order chi connectivity index (χ0) is 20.6. The van der Waals surface area contributed by atoms with Crippen molar-refractivity contribution in [2.45, 2.75) is 31.8 Å². The van der Waals surface area contributed by atoms with Gasteiger partial charge in [0.25, 0.3) is 0 Å². The van der Waals surface area contributed by atoms with E-state index >= 15 is 0 Å². The SMILES string of the molecule is O=C1CCc2cc(OCCCC(=O)N(CC(O)CO)c3ccccc3)ccc2N1. The molecule has 0 aromatic heterocycles. The van der Waals surface area contributed by atoms with Crippen LogP contribution >= 0.6 is 0 Å². The quantitative estimate of drug-likeness (QED) is 0.562. The lowest BCUT2D eigenvalue weighted by Gasteiger charge is -2.25. The van der Waals surface area contributed by atoms with Crippen LogP contribution in [0.3, 0.4) is 0 Å². The summed E-state index contributed by atoms with van der Waals surface area (Å²) in [7, 11) is 0. The van der Waals surface area contributed by atoms with Crippen LogP contribution in [-0.2, 0) is 16.0 Å². The summed E-state index contributed by atoms with van der Waals surface area (Å²) in [6, 6.07) is 14.7. The highest BCUT2D eigenvalue weighted by atomic mass is 16.5. The number of benzene rings is 2. The van der Waals surface area contributed by atoms with Gasteiger partial charge >= 0.3 is 0 Å². The fraction of sp³-hybridized carbons (Fsp3) is 0.364. The molecule has 2 aromatic rings. The molecular weight excluding hydrogens is 372 g/mol. The number of fused-ring (bicyclic) bond motifs is 1. The maximum absolute atomic E-state index is 12.7. The van der Waals surface area contributed by atoms with Crippen LogP contribution in [-0.4, -0.2) is 47.9 Å². The van der Waals surface area contributed by atoms with Gasteiger partial charge in [0.15, 0.2) is 0 Å². The number of aliphatic hydroxyl groups is 2. The normalized spacial score (nSPS) is 13.9. The van der Waals surface area contributed by atoms with E-state index in [1.165, 1.54) is 4.90 Å². The average Bonchev–Trinajstić information content (AvgIpc) is 2.75. The summed E-state index contributed by atoms with van der Waals surface area (Å²) < 4.78 is 5.76.